The number of aliphatic hydroxyl groups excluding tert-OH is 1. The molecule has 0 aromatic rings. The second-order valence-corrected chi connectivity index (χ2v) is 3.44. The average Bonchev–Trinajstić information content (AvgIpc) is 1.80. The Balaban J connectivity index is 4.20. The Labute approximate surface area is 63.1 Å². The zero-order valence-corrected chi connectivity index (χ0v) is 7.18. The Kier molecular flexibility index (Phi) is 3.20. The molecule has 1 nitrogen and oxygen atoms in total. The molecule has 0 aliphatic carbocycles. The van der Waals surface area contributed by atoms with Gasteiger partial charge in [0.1, 0.15) is 0 Å². The van der Waals surface area contributed by atoms with Crippen LogP contribution in [0.2, 0.25) is 0 Å². The number of allylic oxidation sites excluding steroid dienone is 3. The quantitative estimate of drug-likeness (QED) is 0.438. The summed E-state index contributed by atoms with van der Waals surface area (Å²) in [4.78, 5) is 0. The van der Waals surface area contributed by atoms with Gasteiger partial charge in [-0.2, -0.15) is 0 Å². The molecule has 10 heavy (non-hydrogen) atoms. The molecule has 0 heterocycles. The normalized spacial score (nSPS) is 14.6. The van der Waals surface area contributed by atoms with Crippen molar-refractivity contribution < 1.29 is 5.11 Å². The van der Waals surface area contributed by atoms with Crippen LogP contribution in [0.15, 0.2) is 24.0 Å². The van der Waals surface area contributed by atoms with Crippen molar-refractivity contribution in [2.24, 2.45) is 5.41 Å². The first-order valence-electron chi connectivity index (χ1n) is 3.46. The van der Waals surface area contributed by atoms with Crippen LogP contribution in [0, 0.1) is 5.41 Å². The lowest BCUT2D eigenvalue weighted by Gasteiger charge is -2.18. The van der Waals surface area contributed by atoms with E-state index in [0.717, 1.165) is 6.26 Å². The summed E-state index contributed by atoms with van der Waals surface area (Å²) in [7, 11) is 0. The molecule has 0 saturated heterocycles. The highest BCUT2D eigenvalue weighted by Crippen LogP contribution is 2.23. The summed E-state index contributed by atoms with van der Waals surface area (Å²) in [5, 5.41) is 8.36. The average molecular weight is 140 g/mol. The molecule has 0 atom stereocenters. The van der Waals surface area contributed by atoms with E-state index in [1.54, 1.807) is 6.08 Å². The van der Waals surface area contributed by atoms with E-state index in [2.05, 4.69) is 27.7 Å². The fourth-order valence-corrected chi connectivity index (χ4v) is 0.437. The third-order valence-corrected chi connectivity index (χ3v) is 1.62. The van der Waals surface area contributed by atoms with E-state index in [-0.39, 0.29) is 5.41 Å². The van der Waals surface area contributed by atoms with Gasteiger partial charge in [0, 0.05) is 0 Å². The zero-order chi connectivity index (χ0) is 8.20. The molecule has 58 valence electrons. The maximum atomic E-state index is 8.36. The summed E-state index contributed by atoms with van der Waals surface area (Å²) in [6.45, 7) is 8.48. The van der Waals surface area contributed by atoms with E-state index in [1.807, 2.05) is 6.08 Å². The molecule has 0 unspecified atom stereocenters. The van der Waals surface area contributed by atoms with Crippen LogP contribution < -0.4 is 0 Å². The van der Waals surface area contributed by atoms with Crippen molar-refractivity contribution in [1.29, 1.82) is 0 Å². The van der Waals surface area contributed by atoms with Crippen molar-refractivity contribution >= 4 is 0 Å². The van der Waals surface area contributed by atoms with Crippen LogP contribution in [0.3, 0.4) is 0 Å². The lowest BCUT2D eigenvalue weighted by Crippen LogP contribution is -2.05. The Bertz CT molecular complexity index is 147. The first-order valence-corrected chi connectivity index (χ1v) is 3.46. The van der Waals surface area contributed by atoms with Crippen molar-refractivity contribution in [2.45, 2.75) is 27.7 Å². The number of aliphatic hydroxyl groups is 1. The maximum absolute atomic E-state index is 8.36. The minimum atomic E-state index is 0.208. The molecule has 0 radical (unpaired) electrons. The van der Waals surface area contributed by atoms with Gasteiger partial charge in [0.2, 0.25) is 0 Å². The zero-order valence-electron chi connectivity index (χ0n) is 7.18. The summed E-state index contributed by atoms with van der Waals surface area (Å²) in [6, 6.07) is 0. The standard InChI is InChI=1S/C9H16O/c1-8(6-5-7-10)9(2,3)4/h5-7,10H,1-4H3/b7-5+,8-6?. The first-order chi connectivity index (χ1) is 4.48. The van der Waals surface area contributed by atoms with Gasteiger partial charge in [0.15, 0.2) is 0 Å². The molecule has 0 fully saturated rings. The number of rotatable bonds is 1. The molecular weight excluding hydrogens is 124 g/mol. The van der Waals surface area contributed by atoms with Gasteiger partial charge in [-0.25, -0.2) is 0 Å². The van der Waals surface area contributed by atoms with Gasteiger partial charge in [-0.1, -0.05) is 32.4 Å². The Hall–Kier alpha value is -0.720. The fraction of sp³-hybridized carbons (Fsp3) is 0.556. The molecule has 0 amide bonds. The molecule has 1 heteroatoms. The van der Waals surface area contributed by atoms with Gasteiger partial charge in [0.25, 0.3) is 0 Å². The molecule has 0 bridgehead atoms. The summed E-state index contributed by atoms with van der Waals surface area (Å²) < 4.78 is 0. The molecule has 1 N–H and O–H groups in total. The second kappa shape index (κ2) is 3.45. The van der Waals surface area contributed by atoms with Gasteiger partial charge in [-0.05, 0) is 18.4 Å². The van der Waals surface area contributed by atoms with Crippen LogP contribution in [-0.2, 0) is 0 Å². The number of hydrogen-bond acceptors (Lipinski definition) is 1. The Morgan fingerprint density at radius 1 is 1.30 bits per heavy atom. The first kappa shape index (κ1) is 9.28. The van der Waals surface area contributed by atoms with Gasteiger partial charge >= 0.3 is 0 Å². The van der Waals surface area contributed by atoms with Crippen LogP contribution >= 0.6 is 0 Å². The predicted molar refractivity (Wildman–Crippen MR) is 45.0 cm³/mol. The summed E-state index contributed by atoms with van der Waals surface area (Å²) in [5.41, 5.74) is 1.47. The van der Waals surface area contributed by atoms with Gasteiger partial charge in [0.05, 0.1) is 6.26 Å². The molecule has 0 aromatic carbocycles. The summed E-state index contributed by atoms with van der Waals surface area (Å²) >= 11 is 0. The predicted octanol–water partition coefficient (Wildman–Crippen LogP) is 3.05. The van der Waals surface area contributed by atoms with E-state index in [1.165, 1.54) is 5.57 Å². The smallest absolute Gasteiger partial charge is 0.0791 e. The van der Waals surface area contributed by atoms with Crippen molar-refractivity contribution in [3.05, 3.63) is 24.0 Å². The second-order valence-electron chi connectivity index (χ2n) is 3.44. The molecule has 0 aliphatic rings. The summed E-state index contributed by atoms with van der Waals surface area (Å²) in [6.07, 6.45) is 4.61. The molecule has 0 aromatic heterocycles. The van der Waals surface area contributed by atoms with Crippen LogP contribution in [0.4, 0.5) is 0 Å². The van der Waals surface area contributed by atoms with E-state index < -0.39 is 0 Å². The van der Waals surface area contributed by atoms with Crippen molar-refractivity contribution in [2.75, 3.05) is 0 Å². The highest BCUT2D eigenvalue weighted by Gasteiger charge is 2.10. The van der Waals surface area contributed by atoms with Crippen molar-refractivity contribution in [3.8, 4) is 0 Å². The molecule has 0 rings (SSSR count). The van der Waals surface area contributed by atoms with Gasteiger partial charge in [-0.3, -0.25) is 0 Å². The number of hydrogen-bond donors (Lipinski definition) is 1. The molecule has 0 spiro atoms. The van der Waals surface area contributed by atoms with Crippen molar-refractivity contribution in [3.63, 3.8) is 0 Å². The largest absolute Gasteiger partial charge is 0.516 e. The third kappa shape index (κ3) is 3.33. The minimum Gasteiger partial charge on any atom is -0.516 e. The topological polar surface area (TPSA) is 20.2 Å². The maximum Gasteiger partial charge on any atom is 0.0791 e. The van der Waals surface area contributed by atoms with Gasteiger partial charge in [-0.15, -0.1) is 0 Å². The lowest BCUT2D eigenvalue weighted by atomic mass is 9.87. The lowest BCUT2D eigenvalue weighted by molar-refractivity contribution is 0.472. The van der Waals surface area contributed by atoms with Crippen LogP contribution in [0.25, 0.3) is 0 Å². The monoisotopic (exact) mass is 140 g/mol. The van der Waals surface area contributed by atoms with Gasteiger partial charge < -0.3 is 5.11 Å². The van der Waals surface area contributed by atoms with Crippen LogP contribution in [0.5, 0.6) is 0 Å². The van der Waals surface area contributed by atoms with Crippen LogP contribution in [-0.4, -0.2) is 5.11 Å². The van der Waals surface area contributed by atoms with E-state index in [9.17, 15) is 0 Å². The summed E-state index contributed by atoms with van der Waals surface area (Å²) in [5.74, 6) is 0. The third-order valence-electron chi connectivity index (χ3n) is 1.62. The Morgan fingerprint density at radius 2 is 1.80 bits per heavy atom. The minimum absolute atomic E-state index is 0.208. The fourth-order valence-electron chi connectivity index (χ4n) is 0.437. The van der Waals surface area contributed by atoms with Crippen LogP contribution in [0.1, 0.15) is 27.7 Å². The van der Waals surface area contributed by atoms with E-state index in [0.29, 0.717) is 0 Å². The highest BCUT2D eigenvalue weighted by atomic mass is 16.2. The molecule has 0 saturated carbocycles. The van der Waals surface area contributed by atoms with Crippen molar-refractivity contribution in [1.82, 2.24) is 0 Å². The highest BCUT2D eigenvalue weighted by molar-refractivity contribution is 5.14. The molecule has 0 aliphatic heterocycles. The Morgan fingerprint density at radius 3 is 2.10 bits per heavy atom. The SMILES string of the molecule is CC(=C/C=C/O)C(C)(C)C. The van der Waals surface area contributed by atoms with E-state index in [4.69, 9.17) is 5.11 Å². The van der Waals surface area contributed by atoms with E-state index >= 15 is 0 Å². The molecular formula is C9H16O.